The largest absolute Gasteiger partial charge is 0.378 e. The first kappa shape index (κ1) is 9.51. The quantitative estimate of drug-likeness (QED) is 0.713. The molecule has 0 unspecified atom stereocenters. The van der Waals surface area contributed by atoms with E-state index in [1.54, 1.807) is 5.06 Å². The van der Waals surface area contributed by atoms with Gasteiger partial charge in [-0.15, -0.1) is 0 Å². The number of hydroxylamine groups is 1. The number of benzene rings is 1. The number of aromatic nitrogens is 2. The molecule has 0 aliphatic heterocycles. The van der Waals surface area contributed by atoms with Crippen LogP contribution in [0.1, 0.15) is 6.92 Å². The summed E-state index contributed by atoms with van der Waals surface area (Å²) in [5.74, 6) is 1.31. The van der Waals surface area contributed by atoms with Gasteiger partial charge in [0, 0.05) is 5.27 Å². The number of hydrogen-bond acceptors (Lipinski definition) is 5. The highest BCUT2D eigenvalue weighted by Gasteiger charge is 2.09. The molecule has 1 aromatic heterocycles. The zero-order valence-electron chi connectivity index (χ0n) is 8.33. The Bertz CT molecular complexity index is 388. The predicted molar refractivity (Wildman–Crippen MR) is 54.4 cm³/mol. The fourth-order valence-electron chi connectivity index (χ4n) is 1.15. The highest BCUT2D eigenvalue weighted by Crippen LogP contribution is 2.15. The van der Waals surface area contributed by atoms with Crippen LogP contribution in [0.5, 0.6) is 5.75 Å². The summed E-state index contributed by atoms with van der Waals surface area (Å²) in [7, 11) is 0. The SMILES string of the molecule is CCN(Oc1ccccc1)c1conn1. The van der Waals surface area contributed by atoms with Crippen LogP contribution in [0.15, 0.2) is 41.1 Å². The van der Waals surface area contributed by atoms with Crippen LogP contribution in [0.25, 0.3) is 0 Å². The summed E-state index contributed by atoms with van der Waals surface area (Å²) in [5, 5.41) is 8.76. The molecule has 5 heteroatoms. The highest BCUT2D eigenvalue weighted by molar-refractivity contribution is 5.32. The molecule has 0 atom stereocenters. The molecule has 0 aliphatic rings. The molecule has 0 bridgehead atoms. The Balaban J connectivity index is 2.10. The fourth-order valence-corrected chi connectivity index (χ4v) is 1.15. The van der Waals surface area contributed by atoms with E-state index in [1.807, 2.05) is 37.3 Å². The van der Waals surface area contributed by atoms with E-state index in [-0.39, 0.29) is 0 Å². The zero-order valence-corrected chi connectivity index (χ0v) is 8.33. The molecule has 2 aromatic rings. The number of rotatable bonds is 4. The number of hydrogen-bond donors (Lipinski definition) is 0. The van der Waals surface area contributed by atoms with E-state index in [2.05, 4.69) is 14.9 Å². The first-order valence-corrected chi connectivity index (χ1v) is 4.67. The highest BCUT2D eigenvalue weighted by atomic mass is 16.7. The maximum Gasteiger partial charge on any atom is 0.226 e. The summed E-state index contributed by atoms with van der Waals surface area (Å²) < 4.78 is 4.65. The van der Waals surface area contributed by atoms with E-state index >= 15 is 0 Å². The van der Waals surface area contributed by atoms with E-state index in [0.717, 1.165) is 5.75 Å². The number of anilines is 1. The minimum absolute atomic E-state index is 0.557. The minimum Gasteiger partial charge on any atom is -0.378 e. The zero-order chi connectivity index (χ0) is 10.5. The monoisotopic (exact) mass is 205 g/mol. The molecule has 0 saturated carbocycles. The van der Waals surface area contributed by atoms with Gasteiger partial charge < -0.3 is 9.36 Å². The maximum atomic E-state index is 5.58. The first-order valence-electron chi connectivity index (χ1n) is 4.67. The minimum atomic E-state index is 0.557. The Morgan fingerprint density at radius 1 is 1.33 bits per heavy atom. The van der Waals surface area contributed by atoms with Gasteiger partial charge >= 0.3 is 0 Å². The van der Waals surface area contributed by atoms with Gasteiger partial charge in [-0.1, -0.05) is 23.3 Å². The normalized spacial score (nSPS) is 9.93. The van der Waals surface area contributed by atoms with Gasteiger partial charge in [0.25, 0.3) is 0 Å². The standard InChI is InChI=1S/C10H11N3O2/c1-2-13(10-8-14-12-11-10)15-9-6-4-3-5-7-9/h3-8H,2H2,1H3. The molecule has 1 aromatic carbocycles. The van der Waals surface area contributed by atoms with Crippen molar-refractivity contribution in [2.24, 2.45) is 0 Å². The van der Waals surface area contributed by atoms with Crippen molar-refractivity contribution in [3.8, 4) is 5.75 Å². The van der Waals surface area contributed by atoms with Crippen molar-refractivity contribution in [1.82, 2.24) is 10.4 Å². The van der Waals surface area contributed by atoms with Crippen molar-refractivity contribution in [2.45, 2.75) is 6.92 Å². The third-order valence-electron chi connectivity index (χ3n) is 1.85. The Labute approximate surface area is 87.2 Å². The van der Waals surface area contributed by atoms with E-state index in [1.165, 1.54) is 6.26 Å². The summed E-state index contributed by atoms with van der Waals surface area (Å²) in [6, 6.07) is 9.49. The fraction of sp³-hybridized carbons (Fsp3) is 0.200. The molecule has 0 amide bonds. The Hall–Kier alpha value is -2.04. The van der Waals surface area contributed by atoms with Crippen molar-refractivity contribution in [3.05, 3.63) is 36.6 Å². The molecule has 5 nitrogen and oxygen atoms in total. The second kappa shape index (κ2) is 4.45. The van der Waals surface area contributed by atoms with Crippen molar-refractivity contribution in [2.75, 3.05) is 11.6 Å². The molecule has 0 fully saturated rings. The van der Waals surface area contributed by atoms with Gasteiger partial charge in [0.15, 0.2) is 12.0 Å². The van der Waals surface area contributed by atoms with Crippen LogP contribution < -0.4 is 9.90 Å². The molecule has 0 spiro atoms. The van der Waals surface area contributed by atoms with Gasteiger partial charge in [0.2, 0.25) is 5.82 Å². The van der Waals surface area contributed by atoms with Crippen LogP contribution in [-0.4, -0.2) is 16.9 Å². The third-order valence-corrected chi connectivity index (χ3v) is 1.85. The second-order valence-corrected chi connectivity index (χ2v) is 2.86. The van der Waals surface area contributed by atoms with Crippen LogP contribution >= 0.6 is 0 Å². The first-order chi connectivity index (χ1) is 7.40. The van der Waals surface area contributed by atoms with E-state index in [4.69, 9.17) is 4.84 Å². The Kier molecular flexibility index (Phi) is 2.82. The average molecular weight is 205 g/mol. The lowest BCUT2D eigenvalue weighted by Gasteiger charge is -2.18. The van der Waals surface area contributed by atoms with Gasteiger partial charge in [-0.05, 0) is 19.1 Å². The molecule has 0 saturated heterocycles. The lowest BCUT2D eigenvalue weighted by atomic mass is 10.3. The topological polar surface area (TPSA) is 51.4 Å². The van der Waals surface area contributed by atoms with Crippen LogP contribution in [0.3, 0.4) is 0 Å². The van der Waals surface area contributed by atoms with E-state index < -0.39 is 0 Å². The van der Waals surface area contributed by atoms with Crippen molar-refractivity contribution >= 4 is 5.82 Å². The summed E-state index contributed by atoms with van der Waals surface area (Å²) in [5.41, 5.74) is 0. The number of nitrogens with zero attached hydrogens (tertiary/aromatic N) is 3. The van der Waals surface area contributed by atoms with Crippen molar-refractivity contribution in [3.63, 3.8) is 0 Å². The second-order valence-electron chi connectivity index (χ2n) is 2.86. The van der Waals surface area contributed by atoms with Crippen LogP contribution in [0.4, 0.5) is 5.82 Å². The van der Waals surface area contributed by atoms with Crippen molar-refractivity contribution < 1.29 is 9.36 Å². The molecule has 0 N–H and O–H groups in total. The molecule has 2 rings (SSSR count). The summed E-state index contributed by atoms with van der Waals surface area (Å²) >= 11 is 0. The Morgan fingerprint density at radius 2 is 2.13 bits per heavy atom. The van der Waals surface area contributed by atoms with E-state index in [0.29, 0.717) is 12.4 Å². The van der Waals surface area contributed by atoms with E-state index in [9.17, 15) is 0 Å². The van der Waals surface area contributed by atoms with Gasteiger partial charge in [0.1, 0.15) is 0 Å². The van der Waals surface area contributed by atoms with Gasteiger partial charge in [-0.2, -0.15) is 5.06 Å². The smallest absolute Gasteiger partial charge is 0.226 e. The van der Waals surface area contributed by atoms with Crippen LogP contribution in [0, 0.1) is 0 Å². The predicted octanol–water partition coefficient (Wildman–Crippen LogP) is 1.89. The molecular weight excluding hydrogens is 194 g/mol. The maximum absolute atomic E-state index is 5.58. The Morgan fingerprint density at radius 3 is 2.73 bits per heavy atom. The van der Waals surface area contributed by atoms with Crippen molar-refractivity contribution in [1.29, 1.82) is 0 Å². The van der Waals surface area contributed by atoms with Gasteiger partial charge in [0.05, 0.1) is 6.54 Å². The summed E-state index contributed by atoms with van der Waals surface area (Å²) in [6.45, 7) is 2.61. The molecule has 0 radical (unpaired) electrons. The van der Waals surface area contributed by atoms with Crippen LogP contribution in [0.2, 0.25) is 0 Å². The average Bonchev–Trinajstić information content (AvgIpc) is 2.81. The molecule has 15 heavy (non-hydrogen) atoms. The van der Waals surface area contributed by atoms with Crippen LogP contribution in [-0.2, 0) is 0 Å². The summed E-state index contributed by atoms with van der Waals surface area (Å²) in [4.78, 5) is 5.58. The van der Waals surface area contributed by atoms with Gasteiger partial charge in [-0.25, -0.2) is 0 Å². The summed E-state index contributed by atoms with van der Waals surface area (Å²) in [6.07, 6.45) is 1.44. The number of para-hydroxylation sites is 1. The molecular formula is C10H11N3O2. The molecule has 78 valence electrons. The lowest BCUT2D eigenvalue weighted by Crippen LogP contribution is -2.27. The third kappa shape index (κ3) is 2.25. The molecule has 0 aliphatic carbocycles. The lowest BCUT2D eigenvalue weighted by molar-refractivity contribution is 0.281. The van der Waals surface area contributed by atoms with Gasteiger partial charge in [-0.3, -0.25) is 0 Å². The molecule has 1 heterocycles.